The zero-order valence-corrected chi connectivity index (χ0v) is 14.2. The summed E-state index contributed by atoms with van der Waals surface area (Å²) < 4.78 is 16.9. The average molecular weight is 341 g/mol. The Kier molecular flexibility index (Phi) is 4.42. The van der Waals surface area contributed by atoms with Gasteiger partial charge in [0.25, 0.3) is 0 Å². The first-order valence-electron chi connectivity index (χ1n) is 7.66. The molecule has 0 aliphatic heterocycles. The summed E-state index contributed by atoms with van der Waals surface area (Å²) in [6, 6.07) is 3.73. The SMILES string of the molecule is COc1cc(C(C)C)c(Oc2cnc(N)nc2N)cc1-c1cnco1. The third-order valence-electron chi connectivity index (χ3n) is 3.67. The second kappa shape index (κ2) is 6.68. The van der Waals surface area contributed by atoms with Crippen LogP contribution in [0.5, 0.6) is 17.2 Å². The normalized spacial score (nSPS) is 10.9. The molecule has 4 N–H and O–H groups in total. The van der Waals surface area contributed by atoms with Gasteiger partial charge in [-0.3, -0.25) is 0 Å². The quantitative estimate of drug-likeness (QED) is 0.725. The van der Waals surface area contributed by atoms with Gasteiger partial charge in [-0.2, -0.15) is 4.98 Å². The molecular weight excluding hydrogens is 322 g/mol. The number of nitrogens with zero attached hydrogens (tertiary/aromatic N) is 3. The molecule has 0 aliphatic carbocycles. The molecule has 3 aromatic rings. The van der Waals surface area contributed by atoms with Gasteiger partial charge in [0.15, 0.2) is 23.7 Å². The van der Waals surface area contributed by atoms with Gasteiger partial charge in [0.1, 0.15) is 11.5 Å². The number of nitrogens with two attached hydrogens (primary N) is 2. The number of ether oxygens (including phenoxy) is 2. The minimum absolute atomic E-state index is 0.0889. The van der Waals surface area contributed by atoms with E-state index in [0.717, 1.165) is 5.56 Å². The Balaban J connectivity index is 2.11. The van der Waals surface area contributed by atoms with Crippen LogP contribution in [-0.2, 0) is 0 Å². The van der Waals surface area contributed by atoms with Gasteiger partial charge >= 0.3 is 0 Å². The Morgan fingerprint density at radius 2 is 1.88 bits per heavy atom. The van der Waals surface area contributed by atoms with Crippen molar-refractivity contribution in [1.82, 2.24) is 15.0 Å². The first-order chi connectivity index (χ1) is 12.0. The van der Waals surface area contributed by atoms with Crippen LogP contribution in [0.4, 0.5) is 11.8 Å². The Labute approximate surface area is 144 Å². The van der Waals surface area contributed by atoms with Crippen molar-refractivity contribution in [2.24, 2.45) is 0 Å². The van der Waals surface area contributed by atoms with Crippen molar-refractivity contribution in [2.45, 2.75) is 19.8 Å². The standard InChI is InChI=1S/C17H19N5O3/c1-9(2)10-4-12(23-3)11(14-6-20-8-24-14)5-13(10)25-15-7-21-17(19)22-16(15)18/h4-9H,1-3H3,(H4,18,19,21,22). The number of hydrogen-bond donors (Lipinski definition) is 2. The molecule has 0 bridgehead atoms. The van der Waals surface area contributed by atoms with Crippen molar-refractivity contribution >= 4 is 11.8 Å². The molecule has 8 heteroatoms. The maximum absolute atomic E-state index is 5.97. The Morgan fingerprint density at radius 3 is 2.48 bits per heavy atom. The van der Waals surface area contributed by atoms with Crippen LogP contribution in [-0.4, -0.2) is 22.1 Å². The van der Waals surface area contributed by atoms with Crippen LogP contribution in [0, 0.1) is 0 Å². The largest absolute Gasteiger partial charge is 0.496 e. The summed E-state index contributed by atoms with van der Waals surface area (Å²) in [5, 5.41) is 0. The molecule has 0 radical (unpaired) electrons. The highest BCUT2D eigenvalue weighted by molar-refractivity contribution is 5.69. The van der Waals surface area contributed by atoms with Crippen LogP contribution in [0.1, 0.15) is 25.3 Å². The van der Waals surface area contributed by atoms with E-state index in [2.05, 4.69) is 28.8 Å². The first kappa shape index (κ1) is 16.6. The highest BCUT2D eigenvalue weighted by atomic mass is 16.5. The topological polar surface area (TPSA) is 122 Å². The third kappa shape index (κ3) is 3.32. The van der Waals surface area contributed by atoms with E-state index in [0.29, 0.717) is 28.6 Å². The van der Waals surface area contributed by atoms with E-state index in [1.807, 2.05) is 12.1 Å². The lowest BCUT2D eigenvalue weighted by Crippen LogP contribution is -2.03. The van der Waals surface area contributed by atoms with Gasteiger partial charge in [0, 0.05) is 5.56 Å². The lowest BCUT2D eigenvalue weighted by atomic mass is 9.98. The predicted molar refractivity (Wildman–Crippen MR) is 93.5 cm³/mol. The fourth-order valence-electron chi connectivity index (χ4n) is 2.42. The van der Waals surface area contributed by atoms with Gasteiger partial charge in [-0.05, 0) is 18.1 Å². The summed E-state index contributed by atoms with van der Waals surface area (Å²) in [7, 11) is 1.60. The maximum atomic E-state index is 5.97. The number of hydrogen-bond acceptors (Lipinski definition) is 8. The van der Waals surface area contributed by atoms with Crippen LogP contribution in [0.2, 0.25) is 0 Å². The van der Waals surface area contributed by atoms with Crippen molar-refractivity contribution < 1.29 is 13.9 Å². The lowest BCUT2D eigenvalue weighted by Gasteiger charge is -2.17. The summed E-state index contributed by atoms with van der Waals surface area (Å²) in [6.07, 6.45) is 4.41. The number of nitrogen functional groups attached to an aromatic ring is 2. The van der Waals surface area contributed by atoms with E-state index in [9.17, 15) is 0 Å². The van der Waals surface area contributed by atoms with Gasteiger partial charge in [0.2, 0.25) is 5.95 Å². The Morgan fingerprint density at radius 1 is 1.08 bits per heavy atom. The van der Waals surface area contributed by atoms with E-state index in [1.165, 1.54) is 12.6 Å². The number of oxazole rings is 1. The molecule has 8 nitrogen and oxygen atoms in total. The molecule has 0 saturated heterocycles. The fraction of sp³-hybridized carbons (Fsp3) is 0.235. The number of anilines is 2. The molecule has 0 fully saturated rings. The van der Waals surface area contributed by atoms with Gasteiger partial charge in [0.05, 0.1) is 25.1 Å². The minimum Gasteiger partial charge on any atom is -0.496 e. The number of benzene rings is 1. The van der Waals surface area contributed by atoms with Gasteiger partial charge in [-0.15, -0.1) is 0 Å². The molecule has 25 heavy (non-hydrogen) atoms. The molecule has 130 valence electrons. The molecule has 0 aliphatic rings. The molecule has 2 aromatic heterocycles. The summed E-state index contributed by atoms with van der Waals surface area (Å²) in [4.78, 5) is 11.8. The smallest absolute Gasteiger partial charge is 0.222 e. The molecule has 0 atom stereocenters. The number of aromatic nitrogens is 3. The Hall–Kier alpha value is -3.29. The van der Waals surface area contributed by atoms with E-state index >= 15 is 0 Å². The molecule has 1 aromatic carbocycles. The van der Waals surface area contributed by atoms with Crippen molar-refractivity contribution in [1.29, 1.82) is 0 Å². The summed E-state index contributed by atoms with van der Waals surface area (Å²) in [6.45, 7) is 4.11. The van der Waals surface area contributed by atoms with Crippen LogP contribution >= 0.6 is 0 Å². The zero-order chi connectivity index (χ0) is 18.0. The maximum Gasteiger partial charge on any atom is 0.222 e. The summed E-state index contributed by atoms with van der Waals surface area (Å²) in [5.74, 6) is 2.59. The Bertz CT molecular complexity index is 878. The van der Waals surface area contributed by atoms with Crippen molar-refractivity contribution in [3.63, 3.8) is 0 Å². The van der Waals surface area contributed by atoms with E-state index < -0.39 is 0 Å². The van der Waals surface area contributed by atoms with Crippen LogP contribution in [0.25, 0.3) is 11.3 Å². The van der Waals surface area contributed by atoms with Gasteiger partial charge < -0.3 is 25.4 Å². The second-order valence-electron chi connectivity index (χ2n) is 5.69. The van der Waals surface area contributed by atoms with Crippen molar-refractivity contribution in [2.75, 3.05) is 18.6 Å². The van der Waals surface area contributed by atoms with E-state index in [-0.39, 0.29) is 17.7 Å². The fourth-order valence-corrected chi connectivity index (χ4v) is 2.42. The van der Waals surface area contributed by atoms with Crippen LogP contribution < -0.4 is 20.9 Å². The number of methoxy groups -OCH3 is 1. The molecule has 0 spiro atoms. The first-order valence-corrected chi connectivity index (χ1v) is 7.66. The second-order valence-corrected chi connectivity index (χ2v) is 5.69. The van der Waals surface area contributed by atoms with Crippen LogP contribution in [0.3, 0.4) is 0 Å². The average Bonchev–Trinajstić information content (AvgIpc) is 3.11. The van der Waals surface area contributed by atoms with Crippen molar-refractivity contribution in [3.05, 3.63) is 36.5 Å². The zero-order valence-electron chi connectivity index (χ0n) is 14.2. The summed E-state index contributed by atoms with van der Waals surface area (Å²) in [5.41, 5.74) is 13.1. The molecule has 0 amide bonds. The monoisotopic (exact) mass is 341 g/mol. The molecule has 0 unspecified atom stereocenters. The molecular formula is C17H19N5O3. The number of rotatable bonds is 5. The third-order valence-corrected chi connectivity index (χ3v) is 3.67. The van der Waals surface area contributed by atoms with Crippen LogP contribution in [0.15, 0.2) is 35.3 Å². The lowest BCUT2D eigenvalue weighted by molar-refractivity contribution is 0.410. The minimum atomic E-state index is 0.0889. The van der Waals surface area contributed by atoms with E-state index in [4.69, 9.17) is 25.4 Å². The highest BCUT2D eigenvalue weighted by Gasteiger charge is 2.19. The van der Waals surface area contributed by atoms with Gasteiger partial charge in [-0.25, -0.2) is 9.97 Å². The summed E-state index contributed by atoms with van der Waals surface area (Å²) >= 11 is 0. The van der Waals surface area contributed by atoms with Gasteiger partial charge in [-0.1, -0.05) is 13.8 Å². The predicted octanol–water partition coefficient (Wildman–Crippen LogP) is 3.22. The molecule has 0 saturated carbocycles. The van der Waals surface area contributed by atoms with E-state index in [1.54, 1.807) is 13.3 Å². The molecule has 2 heterocycles. The highest BCUT2D eigenvalue weighted by Crippen LogP contribution is 2.41. The van der Waals surface area contributed by atoms with Crippen molar-refractivity contribution in [3.8, 4) is 28.6 Å². The molecule has 3 rings (SSSR count).